The third kappa shape index (κ3) is 6.76. The molecule has 1 aliphatic rings. The van der Waals surface area contributed by atoms with E-state index in [1.54, 1.807) is 17.1 Å². The minimum atomic E-state index is -0.382. The maximum Gasteiger partial charge on any atom is 0.269 e. The minimum absolute atomic E-state index is 0.0388. The predicted molar refractivity (Wildman–Crippen MR) is 155 cm³/mol. The van der Waals surface area contributed by atoms with Crippen LogP contribution in [0.15, 0.2) is 48.6 Å². The molecule has 1 atom stereocenters. The number of anilines is 2. The number of fused-ring (bicyclic) bond motifs is 1. The van der Waals surface area contributed by atoms with E-state index >= 15 is 0 Å². The largest absolute Gasteiger partial charge is 0.395 e. The Morgan fingerprint density at radius 1 is 1.30 bits per heavy atom. The number of aryl methyl sites for hydroxylation is 1. The second kappa shape index (κ2) is 12.0. The third-order valence-corrected chi connectivity index (χ3v) is 7.12. The van der Waals surface area contributed by atoms with Crippen LogP contribution in [0.1, 0.15) is 50.1 Å². The maximum atomic E-state index is 13.0. The molecule has 3 aromatic rings. The second-order valence-electron chi connectivity index (χ2n) is 11.0. The molecule has 1 unspecified atom stereocenters. The Balaban J connectivity index is 1.61. The number of hydrogen-bond acceptors (Lipinski definition) is 10. The average Bonchev–Trinajstić information content (AvgIpc) is 3.12. The molecule has 40 heavy (non-hydrogen) atoms. The number of hydrogen-bond donors (Lipinski definition) is 5. The molecule has 7 N–H and O–H groups in total. The minimum Gasteiger partial charge on any atom is -0.395 e. The standard InChI is InChI=1S/C28H40N10O2/c1-18-25(15-32-36(18)5)35-27-31-10-8-23(34-27)19-6-7-21-20(14-19)16-37(12-13-39)11-9-24(21)33-26(40)22(29)17-38(30)28(2,3)4/h6-8,10,14-15,17,24,39H,9,11-13,16,29-30H2,1-5H3,(H,33,40)(H,31,34,35)/b22-17-. The predicted octanol–water partition coefficient (Wildman–Crippen LogP) is 2.06. The highest BCUT2D eigenvalue weighted by Crippen LogP contribution is 2.31. The van der Waals surface area contributed by atoms with E-state index in [0.29, 0.717) is 32.0 Å². The van der Waals surface area contributed by atoms with Gasteiger partial charge >= 0.3 is 0 Å². The van der Waals surface area contributed by atoms with Gasteiger partial charge in [-0.25, -0.2) is 15.8 Å². The number of nitrogens with two attached hydrogens (primary N) is 2. The molecule has 2 aromatic heterocycles. The van der Waals surface area contributed by atoms with Gasteiger partial charge in [0.15, 0.2) is 0 Å². The van der Waals surface area contributed by atoms with Crippen LogP contribution in [0, 0.1) is 6.92 Å². The van der Waals surface area contributed by atoms with Gasteiger partial charge in [0.25, 0.3) is 5.91 Å². The van der Waals surface area contributed by atoms with Crippen LogP contribution in [0.4, 0.5) is 11.6 Å². The number of aliphatic hydroxyl groups excluding tert-OH is 1. The summed E-state index contributed by atoms with van der Waals surface area (Å²) in [5.74, 6) is 6.15. The summed E-state index contributed by atoms with van der Waals surface area (Å²) in [6.07, 6.45) is 5.59. The highest BCUT2D eigenvalue weighted by molar-refractivity contribution is 5.92. The molecular weight excluding hydrogens is 508 g/mol. The molecule has 3 heterocycles. The lowest BCUT2D eigenvalue weighted by Gasteiger charge is -2.30. The summed E-state index contributed by atoms with van der Waals surface area (Å²) in [7, 11) is 1.88. The number of nitrogens with one attached hydrogen (secondary N) is 2. The topological polar surface area (TPSA) is 163 Å². The fraction of sp³-hybridized carbons (Fsp3) is 0.429. The van der Waals surface area contributed by atoms with Crippen molar-refractivity contribution >= 4 is 17.5 Å². The van der Waals surface area contributed by atoms with Crippen LogP contribution in [0.2, 0.25) is 0 Å². The quantitative estimate of drug-likeness (QED) is 0.160. The van der Waals surface area contributed by atoms with E-state index in [4.69, 9.17) is 16.6 Å². The van der Waals surface area contributed by atoms with Crippen LogP contribution >= 0.6 is 0 Å². The van der Waals surface area contributed by atoms with Crippen molar-refractivity contribution in [2.24, 2.45) is 18.6 Å². The zero-order valence-electron chi connectivity index (χ0n) is 23.8. The van der Waals surface area contributed by atoms with Crippen molar-refractivity contribution in [2.75, 3.05) is 25.0 Å². The highest BCUT2D eigenvalue weighted by atomic mass is 16.3. The number of benzene rings is 1. The van der Waals surface area contributed by atoms with Crippen LogP contribution in [0.25, 0.3) is 11.3 Å². The molecule has 1 amide bonds. The molecule has 0 bridgehead atoms. The number of β-amino-alcohol motifs (C(OH)–C–C–N with tert-alkyl or cyclic N) is 1. The molecule has 12 nitrogen and oxygen atoms in total. The number of amides is 1. The van der Waals surface area contributed by atoms with Crippen LogP contribution in [0.3, 0.4) is 0 Å². The number of carbonyl (C=O) groups excluding carboxylic acids is 1. The van der Waals surface area contributed by atoms with Crippen molar-refractivity contribution in [1.29, 1.82) is 0 Å². The lowest BCUT2D eigenvalue weighted by molar-refractivity contribution is -0.118. The summed E-state index contributed by atoms with van der Waals surface area (Å²) in [6, 6.07) is 7.73. The van der Waals surface area contributed by atoms with Crippen molar-refractivity contribution < 1.29 is 9.90 Å². The van der Waals surface area contributed by atoms with E-state index in [-0.39, 0.29) is 29.8 Å². The van der Waals surface area contributed by atoms with Crippen molar-refractivity contribution in [3.05, 3.63) is 65.4 Å². The summed E-state index contributed by atoms with van der Waals surface area (Å²) in [6.45, 7) is 9.68. The van der Waals surface area contributed by atoms with Gasteiger partial charge in [-0.2, -0.15) is 5.10 Å². The molecule has 12 heteroatoms. The van der Waals surface area contributed by atoms with Crippen molar-refractivity contribution in [2.45, 2.75) is 52.2 Å². The summed E-state index contributed by atoms with van der Waals surface area (Å²) in [4.78, 5) is 24.3. The molecule has 0 saturated carbocycles. The first kappa shape index (κ1) is 29.0. The van der Waals surface area contributed by atoms with Crippen LogP contribution in [-0.2, 0) is 18.4 Å². The maximum absolute atomic E-state index is 13.0. The van der Waals surface area contributed by atoms with E-state index in [1.165, 1.54) is 11.2 Å². The summed E-state index contributed by atoms with van der Waals surface area (Å²) in [5.41, 5.74) is 11.3. The van der Waals surface area contributed by atoms with Gasteiger partial charge in [0.2, 0.25) is 5.95 Å². The SMILES string of the molecule is Cc1c(Nc2nccc(-c3ccc4c(c3)CN(CCO)CCC4NC(=O)/C(N)=C/N(N)C(C)(C)C)n2)cnn1C. The third-order valence-electron chi connectivity index (χ3n) is 7.12. The first-order chi connectivity index (χ1) is 19.0. The molecule has 4 rings (SSSR count). The van der Waals surface area contributed by atoms with E-state index in [1.807, 2.05) is 52.9 Å². The molecular formula is C28H40N10O2. The molecule has 0 fully saturated rings. The number of rotatable bonds is 8. The fourth-order valence-corrected chi connectivity index (χ4v) is 4.48. The van der Waals surface area contributed by atoms with Crippen LogP contribution in [-0.4, -0.2) is 65.9 Å². The zero-order chi connectivity index (χ0) is 29.0. The van der Waals surface area contributed by atoms with Gasteiger partial charge in [0.05, 0.1) is 35.9 Å². The van der Waals surface area contributed by atoms with Crippen LogP contribution < -0.4 is 22.2 Å². The Bertz CT molecular complexity index is 1380. The molecule has 0 radical (unpaired) electrons. The molecule has 1 aliphatic heterocycles. The Kier molecular flexibility index (Phi) is 8.72. The Morgan fingerprint density at radius 3 is 2.75 bits per heavy atom. The average molecular weight is 549 g/mol. The first-order valence-corrected chi connectivity index (χ1v) is 13.3. The van der Waals surface area contributed by atoms with Gasteiger partial charge in [-0.15, -0.1) is 0 Å². The molecule has 214 valence electrons. The first-order valence-electron chi connectivity index (χ1n) is 13.3. The zero-order valence-corrected chi connectivity index (χ0v) is 23.8. The van der Waals surface area contributed by atoms with E-state index in [9.17, 15) is 9.90 Å². The molecule has 0 aliphatic carbocycles. The van der Waals surface area contributed by atoms with Gasteiger partial charge in [-0.1, -0.05) is 12.1 Å². The summed E-state index contributed by atoms with van der Waals surface area (Å²) < 4.78 is 1.78. The van der Waals surface area contributed by atoms with Gasteiger partial charge in [-0.05, 0) is 57.4 Å². The van der Waals surface area contributed by atoms with Crippen molar-refractivity contribution in [3.63, 3.8) is 0 Å². The van der Waals surface area contributed by atoms with Crippen molar-refractivity contribution in [3.8, 4) is 11.3 Å². The lowest BCUT2D eigenvalue weighted by Crippen LogP contribution is -2.44. The Morgan fingerprint density at radius 2 is 2.08 bits per heavy atom. The number of aromatic nitrogens is 4. The van der Waals surface area contributed by atoms with Gasteiger partial charge in [0, 0.05) is 50.2 Å². The fourth-order valence-electron chi connectivity index (χ4n) is 4.48. The Hall–Kier alpha value is -4.00. The second-order valence-corrected chi connectivity index (χ2v) is 11.0. The van der Waals surface area contributed by atoms with Gasteiger partial charge < -0.3 is 26.5 Å². The van der Waals surface area contributed by atoms with Gasteiger partial charge in [0.1, 0.15) is 5.70 Å². The van der Waals surface area contributed by atoms with Crippen LogP contribution in [0.5, 0.6) is 0 Å². The van der Waals surface area contributed by atoms with Gasteiger partial charge in [-0.3, -0.25) is 14.4 Å². The number of aliphatic hydroxyl groups is 1. The smallest absolute Gasteiger partial charge is 0.269 e. The normalized spacial score (nSPS) is 16.3. The van der Waals surface area contributed by atoms with E-state index in [0.717, 1.165) is 33.8 Å². The Labute approximate surface area is 235 Å². The molecule has 0 saturated heterocycles. The highest BCUT2D eigenvalue weighted by Gasteiger charge is 2.25. The number of nitrogens with zero attached hydrogens (tertiary/aromatic N) is 6. The summed E-state index contributed by atoms with van der Waals surface area (Å²) >= 11 is 0. The summed E-state index contributed by atoms with van der Waals surface area (Å²) in [5, 5.41) is 21.6. The molecule has 0 spiro atoms. The van der Waals surface area contributed by atoms with E-state index in [2.05, 4.69) is 31.7 Å². The lowest BCUT2D eigenvalue weighted by atomic mass is 9.96. The van der Waals surface area contributed by atoms with Crippen molar-refractivity contribution in [1.82, 2.24) is 35.0 Å². The number of hydrazine groups is 1. The van der Waals surface area contributed by atoms with E-state index < -0.39 is 0 Å². The molecule has 1 aromatic carbocycles. The monoisotopic (exact) mass is 548 g/mol. The number of carbonyl (C=O) groups is 1.